The quantitative estimate of drug-likeness (QED) is 0.633. The maximum Gasteiger partial charge on any atom is 0.348 e. The average molecular weight is 443 g/mol. The Balaban J connectivity index is 1.45. The first-order valence-electron chi connectivity index (χ1n) is 10.7. The van der Waals surface area contributed by atoms with Crippen molar-refractivity contribution in [1.82, 2.24) is 5.32 Å². The molecule has 6 nitrogen and oxygen atoms in total. The summed E-state index contributed by atoms with van der Waals surface area (Å²) in [4.78, 5) is 38.3. The minimum atomic E-state index is -0.506. The summed E-state index contributed by atoms with van der Waals surface area (Å²) in [5.74, 6) is -0.646. The predicted octanol–water partition coefficient (Wildman–Crippen LogP) is 4.10. The Morgan fingerprint density at radius 1 is 1.10 bits per heavy atom. The lowest BCUT2D eigenvalue weighted by atomic mass is 9.87. The number of thiophene rings is 1. The zero-order valence-electron chi connectivity index (χ0n) is 18.6. The Hall–Kier alpha value is -2.67. The van der Waals surface area contributed by atoms with Crippen molar-refractivity contribution in [2.24, 2.45) is 5.92 Å². The number of hydrogen-bond acceptors (Lipinski definition) is 5. The fourth-order valence-corrected chi connectivity index (χ4v) is 5.14. The molecule has 0 saturated heterocycles. The van der Waals surface area contributed by atoms with Gasteiger partial charge in [-0.15, -0.1) is 11.3 Å². The van der Waals surface area contributed by atoms with Crippen molar-refractivity contribution >= 4 is 34.8 Å². The number of carbonyl (C=O) groups excluding carboxylic acids is 3. The second-order valence-corrected chi connectivity index (χ2v) is 9.39. The van der Waals surface area contributed by atoms with Gasteiger partial charge in [0, 0.05) is 10.6 Å². The zero-order chi connectivity index (χ0) is 22.5. The van der Waals surface area contributed by atoms with E-state index in [4.69, 9.17) is 4.74 Å². The maximum atomic E-state index is 12.3. The van der Waals surface area contributed by atoms with Crippen LogP contribution in [0.1, 0.15) is 56.6 Å². The average Bonchev–Trinajstić information content (AvgIpc) is 3.16. The van der Waals surface area contributed by atoms with Gasteiger partial charge in [0.15, 0.2) is 6.61 Å². The van der Waals surface area contributed by atoms with Gasteiger partial charge in [0.2, 0.25) is 5.91 Å². The van der Waals surface area contributed by atoms with E-state index < -0.39 is 18.5 Å². The molecule has 0 fully saturated rings. The molecule has 0 bridgehead atoms. The van der Waals surface area contributed by atoms with E-state index in [1.165, 1.54) is 21.8 Å². The van der Waals surface area contributed by atoms with E-state index in [0.717, 1.165) is 48.1 Å². The molecule has 2 amide bonds. The van der Waals surface area contributed by atoms with E-state index in [9.17, 15) is 14.4 Å². The lowest BCUT2D eigenvalue weighted by molar-refractivity contribution is -0.126. The van der Waals surface area contributed by atoms with Crippen LogP contribution in [0.2, 0.25) is 0 Å². The summed E-state index contributed by atoms with van der Waals surface area (Å²) in [6.45, 7) is 7.46. The fraction of sp³-hybridized carbons (Fsp3) is 0.458. The smallest absolute Gasteiger partial charge is 0.348 e. The summed E-state index contributed by atoms with van der Waals surface area (Å²) < 4.78 is 5.15. The Kier molecular flexibility index (Phi) is 7.49. The predicted molar refractivity (Wildman–Crippen MR) is 123 cm³/mol. The summed E-state index contributed by atoms with van der Waals surface area (Å²) >= 11 is 1.46. The van der Waals surface area contributed by atoms with Crippen molar-refractivity contribution in [2.45, 2.75) is 53.4 Å². The van der Waals surface area contributed by atoms with Crippen molar-refractivity contribution in [3.8, 4) is 0 Å². The molecule has 0 saturated carbocycles. The van der Waals surface area contributed by atoms with Gasteiger partial charge in [0.25, 0.3) is 5.91 Å². The minimum absolute atomic E-state index is 0.186. The van der Waals surface area contributed by atoms with Gasteiger partial charge in [0.05, 0.1) is 6.54 Å². The molecule has 1 unspecified atom stereocenters. The molecule has 31 heavy (non-hydrogen) atoms. The van der Waals surface area contributed by atoms with Gasteiger partial charge in [-0.3, -0.25) is 9.59 Å². The van der Waals surface area contributed by atoms with Crippen molar-refractivity contribution in [3.63, 3.8) is 0 Å². The number of hydrogen-bond donors (Lipinski definition) is 2. The van der Waals surface area contributed by atoms with Crippen molar-refractivity contribution in [3.05, 3.63) is 50.2 Å². The highest BCUT2D eigenvalue weighted by Crippen LogP contribution is 2.33. The van der Waals surface area contributed by atoms with Gasteiger partial charge in [-0.2, -0.15) is 0 Å². The van der Waals surface area contributed by atoms with E-state index in [0.29, 0.717) is 10.8 Å². The van der Waals surface area contributed by atoms with Crippen LogP contribution < -0.4 is 10.6 Å². The summed E-state index contributed by atoms with van der Waals surface area (Å²) in [7, 11) is 0. The van der Waals surface area contributed by atoms with Gasteiger partial charge in [-0.1, -0.05) is 31.0 Å². The monoisotopic (exact) mass is 442 g/mol. The molecular formula is C24H30N2O4S. The second kappa shape index (κ2) is 10.1. The van der Waals surface area contributed by atoms with E-state index >= 15 is 0 Å². The third kappa shape index (κ3) is 5.94. The molecule has 2 aromatic rings. The first kappa shape index (κ1) is 23.0. The number of amides is 2. The molecule has 1 aliphatic rings. The van der Waals surface area contributed by atoms with Crippen LogP contribution in [0.25, 0.3) is 0 Å². The third-order valence-corrected chi connectivity index (χ3v) is 6.90. The first-order chi connectivity index (χ1) is 14.8. The van der Waals surface area contributed by atoms with Crippen LogP contribution in [0.5, 0.6) is 0 Å². The molecule has 1 atom stereocenters. The number of rotatable bonds is 7. The molecular weight excluding hydrogens is 412 g/mol. The highest BCUT2D eigenvalue weighted by atomic mass is 32.1. The van der Waals surface area contributed by atoms with Crippen LogP contribution in [0.4, 0.5) is 5.69 Å². The van der Waals surface area contributed by atoms with E-state index in [-0.39, 0.29) is 12.5 Å². The van der Waals surface area contributed by atoms with Crippen LogP contribution in [0.15, 0.2) is 18.2 Å². The second-order valence-electron chi connectivity index (χ2n) is 8.25. The standard InChI is InChI=1S/C24H30N2O4S/c1-5-17-6-7-19-18(10-17)11-20(31-19)24(29)30-13-22(28)25-12-21(27)26-23-15(3)8-14(2)9-16(23)4/h8-9,11,17H,5-7,10,12-13H2,1-4H3,(H,25,28)(H,26,27). The highest BCUT2D eigenvalue weighted by Gasteiger charge is 2.23. The minimum Gasteiger partial charge on any atom is -0.451 e. The van der Waals surface area contributed by atoms with Crippen LogP contribution in [-0.4, -0.2) is 30.9 Å². The van der Waals surface area contributed by atoms with Crippen LogP contribution >= 0.6 is 11.3 Å². The maximum absolute atomic E-state index is 12.3. The number of carbonyl (C=O) groups is 3. The zero-order valence-corrected chi connectivity index (χ0v) is 19.4. The summed E-state index contributed by atoms with van der Waals surface area (Å²) in [5.41, 5.74) is 5.05. The Bertz CT molecular complexity index is 972. The molecule has 0 aliphatic heterocycles. The molecule has 1 aromatic heterocycles. The van der Waals surface area contributed by atoms with E-state index in [1.54, 1.807) is 0 Å². The van der Waals surface area contributed by atoms with Gasteiger partial charge in [-0.05, 0) is 68.7 Å². The largest absolute Gasteiger partial charge is 0.451 e. The number of esters is 1. The lowest BCUT2D eigenvalue weighted by Gasteiger charge is -2.19. The lowest BCUT2D eigenvalue weighted by Crippen LogP contribution is -2.35. The molecule has 0 radical (unpaired) electrons. The van der Waals surface area contributed by atoms with Crippen LogP contribution in [0, 0.1) is 26.7 Å². The van der Waals surface area contributed by atoms with Crippen molar-refractivity contribution in [1.29, 1.82) is 0 Å². The summed E-state index contributed by atoms with van der Waals surface area (Å²) in [6, 6.07) is 5.89. The van der Waals surface area contributed by atoms with Gasteiger partial charge >= 0.3 is 5.97 Å². The number of anilines is 1. The first-order valence-corrected chi connectivity index (χ1v) is 11.5. The van der Waals surface area contributed by atoms with Crippen LogP contribution in [-0.2, 0) is 27.2 Å². The Labute approximate surface area is 187 Å². The Morgan fingerprint density at radius 3 is 2.48 bits per heavy atom. The molecule has 1 aromatic carbocycles. The van der Waals surface area contributed by atoms with Crippen molar-refractivity contribution in [2.75, 3.05) is 18.5 Å². The van der Waals surface area contributed by atoms with Crippen LogP contribution in [0.3, 0.4) is 0 Å². The van der Waals surface area contributed by atoms with E-state index in [2.05, 4.69) is 17.6 Å². The van der Waals surface area contributed by atoms with Gasteiger partial charge in [0.1, 0.15) is 4.88 Å². The van der Waals surface area contributed by atoms with Crippen molar-refractivity contribution < 1.29 is 19.1 Å². The number of benzene rings is 1. The fourth-order valence-electron chi connectivity index (χ4n) is 4.04. The third-order valence-electron chi connectivity index (χ3n) is 5.69. The molecule has 166 valence electrons. The molecule has 2 N–H and O–H groups in total. The summed E-state index contributed by atoms with van der Waals surface area (Å²) in [5, 5.41) is 5.33. The SMILES string of the molecule is CCC1CCc2sc(C(=O)OCC(=O)NCC(=O)Nc3c(C)cc(C)cc3C)cc2C1. The number of fused-ring (bicyclic) bond motifs is 1. The number of aryl methyl sites for hydroxylation is 4. The van der Waals surface area contributed by atoms with Gasteiger partial charge in [-0.25, -0.2) is 4.79 Å². The normalized spacial score (nSPS) is 15.2. The van der Waals surface area contributed by atoms with Gasteiger partial charge < -0.3 is 15.4 Å². The van der Waals surface area contributed by atoms with E-state index in [1.807, 2.05) is 39.0 Å². The highest BCUT2D eigenvalue weighted by molar-refractivity contribution is 7.14. The molecule has 1 aliphatic carbocycles. The number of ether oxygens (including phenoxy) is 1. The molecule has 1 heterocycles. The molecule has 3 rings (SSSR count). The number of nitrogens with one attached hydrogen (secondary N) is 2. The Morgan fingerprint density at radius 2 is 1.81 bits per heavy atom. The summed E-state index contributed by atoms with van der Waals surface area (Å²) in [6.07, 6.45) is 4.31. The molecule has 7 heteroatoms. The molecule has 0 spiro atoms. The topological polar surface area (TPSA) is 84.5 Å².